The number of benzene rings is 1. The Morgan fingerprint density at radius 3 is 2.58 bits per heavy atom. The number of nitrogens with zero attached hydrogens (tertiary/aromatic N) is 1. The molecule has 5 nitrogen and oxygen atoms in total. The van der Waals surface area contributed by atoms with Crippen molar-refractivity contribution in [3.8, 4) is 0 Å². The van der Waals surface area contributed by atoms with Gasteiger partial charge >= 0.3 is 0 Å². The molecule has 0 saturated heterocycles. The van der Waals surface area contributed by atoms with Crippen molar-refractivity contribution in [1.29, 1.82) is 0 Å². The first kappa shape index (κ1) is 22.2. The zero-order chi connectivity index (χ0) is 23.4. The third kappa shape index (κ3) is 3.60. The van der Waals surface area contributed by atoms with E-state index in [0.717, 1.165) is 50.5 Å². The van der Waals surface area contributed by atoms with Gasteiger partial charge in [0.15, 0.2) is 5.78 Å². The van der Waals surface area contributed by atoms with Crippen molar-refractivity contribution in [1.82, 2.24) is 0 Å². The second-order valence-corrected chi connectivity index (χ2v) is 11.2. The van der Waals surface area contributed by atoms with E-state index in [2.05, 4.69) is 19.9 Å². The smallest absolute Gasteiger partial charge is 0.269 e. The quantitative estimate of drug-likeness (QED) is 0.408. The molecule has 0 N–H and O–H groups in total. The number of nitro benzene ring substituents is 1. The lowest BCUT2D eigenvalue weighted by atomic mass is 9.45. The Kier molecular flexibility index (Phi) is 5.42. The summed E-state index contributed by atoms with van der Waals surface area (Å²) in [5, 5.41) is 10.9. The molecule has 5 heteroatoms. The molecule has 1 aromatic carbocycles. The monoisotopic (exact) mass is 447 g/mol. The summed E-state index contributed by atoms with van der Waals surface area (Å²) in [6, 6.07) is 6.89. The maximum atomic E-state index is 12.9. The molecule has 3 saturated carbocycles. The molecule has 0 unspecified atom stereocenters. The number of rotatable bonds is 5. The molecule has 0 heterocycles. The summed E-state index contributed by atoms with van der Waals surface area (Å²) in [5.41, 5.74) is 2.29. The third-order valence-corrected chi connectivity index (χ3v) is 9.63. The topological polar surface area (TPSA) is 77.3 Å². The minimum Gasteiger partial charge on any atom is -0.299 e. The first-order valence-electron chi connectivity index (χ1n) is 12.4. The van der Waals surface area contributed by atoms with E-state index in [1.54, 1.807) is 18.2 Å². The Bertz CT molecular complexity index is 1050. The predicted molar refractivity (Wildman–Crippen MR) is 127 cm³/mol. The van der Waals surface area contributed by atoms with Crippen LogP contribution >= 0.6 is 0 Å². The average molecular weight is 448 g/mol. The van der Waals surface area contributed by atoms with Crippen LogP contribution < -0.4 is 0 Å². The molecule has 4 aliphatic rings. The summed E-state index contributed by atoms with van der Waals surface area (Å²) < 4.78 is 0. The van der Waals surface area contributed by atoms with Crippen LogP contribution in [-0.2, 0) is 16.0 Å². The highest BCUT2D eigenvalue weighted by molar-refractivity contribution is 6.01. The summed E-state index contributed by atoms with van der Waals surface area (Å²) in [6.45, 7) is 4.52. The van der Waals surface area contributed by atoms with Crippen LogP contribution in [-0.4, -0.2) is 16.5 Å². The summed E-state index contributed by atoms with van der Waals surface area (Å²) in [6.07, 6.45) is 13.4. The molecule has 174 valence electrons. The fraction of sp³-hybridized carbons (Fsp3) is 0.571. The van der Waals surface area contributed by atoms with Crippen LogP contribution in [0.1, 0.15) is 64.4 Å². The molecule has 1 aromatic rings. The Labute approximate surface area is 195 Å². The fourth-order valence-corrected chi connectivity index (χ4v) is 7.77. The molecular formula is C28H33NO4. The van der Waals surface area contributed by atoms with Crippen molar-refractivity contribution in [3.05, 3.63) is 63.7 Å². The lowest BCUT2D eigenvalue weighted by Crippen LogP contribution is -2.53. The van der Waals surface area contributed by atoms with E-state index in [9.17, 15) is 19.7 Å². The molecule has 0 radical (unpaired) electrons. The average Bonchev–Trinajstić information content (AvgIpc) is 3.09. The Hall–Kier alpha value is -2.56. The lowest BCUT2D eigenvalue weighted by Gasteiger charge is -2.58. The van der Waals surface area contributed by atoms with Gasteiger partial charge < -0.3 is 0 Å². The molecule has 0 aliphatic heterocycles. The maximum absolute atomic E-state index is 12.9. The number of non-ortho nitro benzene ring substituents is 1. The number of Topliss-reactive ketones (excluding diaryl/α,β-unsaturated/α-hetero) is 1. The van der Waals surface area contributed by atoms with Crippen molar-refractivity contribution >= 4 is 17.3 Å². The van der Waals surface area contributed by atoms with Crippen LogP contribution in [0.15, 0.2) is 48.1 Å². The van der Waals surface area contributed by atoms with E-state index in [4.69, 9.17) is 0 Å². The van der Waals surface area contributed by atoms with E-state index in [1.165, 1.54) is 5.57 Å². The van der Waals surface area contributed by atoms with Crippen molar-refractivity contribution in [2.45, 2.75) is 65.2 Å². The van der Waals surface area contributed by atoms with Crippen LogP contribution in [0.2, 0.25) is 0 Å². The van der Waals surface area contributed by atoms with Gasteiger partial charge in [-0.05, 0) is 86.3 Å². The molecule has 6 atom stereocenters. The van der Waals surface area contributed by atoms with Crippen molar-refractivity contribution in [2.24, 2.45) is 34.5 Å². The van der Waals surface area contributed by atoms with Gasteiger partial charge in [-0.3, -0.25) is 19.7 Å². The Morgan fingerprint density at radius 2 is 1.85 bits per heavy atom. The van der Waals surface area contributed by atoms with E-state index in [-0.39, 0.29) is 27.2 Å². The van der Waals surface area contributed by atoms with Gasteiger partial charge in [-0.25, -0.2) is 0 Å². The van der Waals surface area contributed by atoms with Gasteiger partial charge in [0.1, 0.15) is 5.78 Å². The number of aryl methyl sites for hydroxylation is 1. The molecule has 0 amide bonds. The van der Waals surface area contributed by atoms with Crippen LogP contribution in [0.3, 0.4) is 0 Å². The number of fused-ring (bicyclic) bond motifs is 5. The largest absolute Gasteiger partial charge is 0.299 e. The number of ketones is 2. The lowest BCUT2D eigenvalue weighted by molar-refractivity contribution is -0.384. The second-order valence-electron chi connectivity index (χ2n) is 11.2. The van der Waals surface area contributed by atoms with Crippen LogP contribution in [0.4, 0.5) is 5.69 Å². The second kappa shape index (κ2) is 8.03. The minimum atomic E-state index is -0.362. The van der Waals surface area contributed by atoms with Crippen molar-refractivity contribution < 1.29 is 14.5 Å². The molecule has 0 bridgehead atoms. The van der Waals surface area contributed by atoms with Gasteiger partial charge in [-0.15, -0.1) is 0 Å². The Morgan fingerprint density at radius 1 is 1.09 bits per heavy atom. The van der Waals surface area contributed by atoms with Gasteiger partial charge in [0.2, 0.25) is 0 Å². The maximum Gasteiger partial charge on any atom is 0.269 e. The highest BCUT2D eigenvalue weighted by Gasteiger charge is 2.60. The van der Waals surface area contributed by atoms with Crippen LogP contribution in [0.5, 0.6) is 0 Å². The molecular weight excluding hydrogens is 414 g/mol. The van der Waals surface area contributed by atoms with Gasteiger partial charge in [0.25, 0.3) is 5.69 Å². The van der Waals surface area contributed by atoms with Crippen molar-refractivity contribution in [2.75, 3.05) is 0 Å². The van der Waals surface area contributed by atoms with Crippen LogP contribution in [0.25, 0.3) is 0 Å². The first-order chi connectivity index (χ1) is 15.7. The minimum absolute atomic E-state index is 0.0690. The molecule has 3 fully saturated rings. The van der Waals surface area contributed by atoms with Gasteiger partial charge in [-0.1, -0.05) is 37.6 Å². The third-order valence-electron chi connectivity index (χ3n) is 9.63. The highest BCUT2D eigenvalue weighted by Crippen LogP contribution is 2.65. The normalized spacial score (nSPS) is 37.2. The molecule has 0 aromatic heterocycles. The number of nitro groups is 1. The molecule has 0 spiro atoms. The predicted octanol–water partition coefficient (Wildman–Crippen LogP) is 6.02. The summed E-state index contributed by atoms with van der Waals surface area (Å²) >= 11 is 0. The molecule has 33 heavy (non-hydrogen) atoms. The van der Waals surface area contributed by atoms with Crippen molar-refractivity contribution in [3.63, 3.8) is 0 Å². The van der Waals surface area contributed by atoms with E-state index in [1.807, 2.05) is 18.2 Å². The zero-order valence-electron chi connectivity index (χ0n) is 19.6. The first-order valence-corrected chi connectivity index (χ1v) is 12.4. The van der Waals surface area contributed by atoms with E-state index in [0.29, 0.717) is 35.9 Å². The van der Waals surface area contributed by atoms with Crippen LogP contribution in [0, 0.1) is 44.6 Å². The fourth-order valence-electron chi connectivity index (χ4n) is 7.77. The van der Waals surface area contributed by atoms with E-state index < -0.39 is 0 Å². The highest BCUT2D eigenvalue weighted by atomic mass is 16.6. The number of hydrogen-bond acceptors (Lipinski definition) is 4. The number of carbonyl (C=O) groups is 2. The zero-order valence-corrected chi connectivity index (χ0v) is 19.6. The number of carbonyl (C=O) groups excluding carboxylic acids is 2. The summed E-state index contributed by atoms with van der Waals surface area (Å²) in [4.78, 5) is 35.7. The standard InChI is InChI=1S/C28H33NO4/c1-27-14-12-22(30)17-20(27)16-19(5-3-4-18-6-8-21(9-7-18)29(32)33)26-23-10-11-25(31)28(23,2)15-13-24(26)27/h6-9,12,14,17,19,23-24,26H,3-5,10-11,13,15-16H2,1-2H3/t19-,23+,24+,26+,27+,28+/m1/s1. The van der Waals surface area contributed by atoms with Gasteiger partial charge in [0.05, 0.1) is 4.92 Å². The number of allylic oxidation sites excluding steroid dienone is 4. The molecule has 4 aliphatic carbocycles. The summed E-state index contributed by atoms with van der Waals surface area (Å²) in [7, 11) is 0. The van der Waals surface area contributed by atoms with Gasteiger partial charge in [0, 0.05) is 29.4 Å². The van der Waals surface area contributed by atoms with E-state index >= 15 is 0 Å². The number of hydrogen-bond donors (Lipinski definition) is 0. The molecule has 5 rings (SSSR count). The SMILES string of the molecule is C[C@]12C=CC(=O)C=C1C[C@@H](CCCc1ccc([N+](=O)[O-])cc1)[C@@H]1[C@@H]2CC[C@]2(C)C(=O)CC[C@@H]12. The summed E-state index contributed by atoms with van der Waals surface area (Å²) in [5.74, 6) is 2.46. The Balaban J connectivity index is 1.38. The van der Waals surface area contributed by atoms with Gasteiger partial charge in [-0.2, -0.15) is 0 Å².